The van der Waals surface area contributed by atoms with Crippen molar-refractivity contribution in [3.8, 4) is 11.5 Å². The van der Waals surface area contributed by atoms with Gasteiger partial charge in [-0.2, -0.15) is 0 Å². The van der Waals surface area contributed by atoms with Crippen molar-refractivity contribution in [3.05, 3.63) is 57.6 Å². The first kappa shape index (κ1) is 35.3. The maximum Gasteiger partial charge on any atom is 0.339 e. The number of ether oxygens (including phenoxy) is 1. The van der Waals surface area contributed by atoms with Gasteiger partial charge < -0.3 is 30.9 Å². The Balaban J connectivity index is 0.00000645. The van der Waals surface area contributed by atoms with Gasteiger partial charge in [0.1, 0.15) is 28.9 Å². The van der Waals surface area contributed by atoms with Gasteiger partial charge in [-0.3, -0.25) is 19.8 Å². The lowest BCUT2D eigenvalue weighted by atomic mass is 9.78. The van der Waals surface area contributed by atoms with Gasteiger partial charge in [0, 0.05) is 29.2 Å². The highest BCUT2D eigenvalue weighted by molar-refractivity contribution is 8.93. The van der Waals surface area contributed by atoms with Crippen molar-refractivity contribution in [2.24, 2.45) is 5.73 Å². The van der Waals surface area contributed by atoms with E-state index in [0.29, 0.717) is 22.3 Å². The van der Waals surface area contributed by atoms with Crippen molar-refractivity contribution in [1.82, 2.24) is 10.2 Å². The molecule has 2 aromatic carbocycles. The summed E-state index contributed by atoms with van der Waals surface area (Å²) in [6.45, 7) is 14.2. The van der Waals surface area contributed by atoms with Gasteiger partial charge in [0.05, 0.1) is 19.2 Å². The van der Waals surface area contributed by atoms with Crippen LogP contribution in [-0.2, 0) is 20.4 Å². The van der Waals surface area contributed by atoms with Crippen LogP contribution in [0.5, 0.6) is 11.5 Å². The molecule has 2 amide bonds. The van der Waals surface area contributed by atoms with Crippen LogP contribution in [0.3, 0.4) is 0 Å². The first-order valence-corrected chi connectivity index (χ1v) is 13.7. The summed E-state index contributed by atoms with van der Waals surface area (Å²) in [7, 11) is 0. The number of carbonyl (C=O) groups excluding carboxylic acids is 3. The molecule has 1 aliphatic rings. The molecule has 43 heavy (non-hydrogen) atoms. The number of nitrogens with zero attached hydrogens (tertiary/aromatic N) is 1. The van der Waals surface area contributed by atoms with Crippen LogP contribution in [0, 0.1) is 5.41 Å². The number of hydrogen-bond acceptors (Lipinski definition) is 7. The Morgan fingerprint density at radius 2 is 1.58 bits per heavy atom. The molecule has 234 valence electrons. The number of primary amides is 1. The third kappa shape index (κ3) is 7.18. The molecule has 2 unspecified atom stereocenters. The van der Waals surface area contributed by atoms with E-state index in [2.05, 4.69) is 5.32 Å². The molecule has 6 N–H and O–H groups in total. The van der Waals surface area contributed by atoms with Gasteiger partial charge in [0.2, 0.25) is 11.8 Å². The van der Waals surface area contributed by atoms with Crippen LogP contribution >= 0.6 is 17.0 Å². The highest BCUT2D eigenvalue weighted by atomic mass is 79.9. The zero-order valence-corrected chi connectivity index (χ0v) is 27.5. The predicted molar refractivity (Wildman–Crippen MR) is 168 cm³/mol. The Hall–Kier alpha value is -3.93. The third-order valence-corrected chi connectivity index (χ3v) is 7.22. The second-order valence-electron chi connectivity index (χ2n) is 12.5. The van der Waals surface area contributed by atoms with Crippen LogP contribution in [0.15, 0.2) is 24.3 Å². The van der Waals surface area contributed by atoms with E-state index in [4.69, 9.17) is 15.9 Å². The summed E-state index contributed by atoms with van der Waals surface area (Å²) < 4.78 is 5.55. The van der Waals surface area contributed by atoms with Crippen LogP contribution in [0.1, 0.15) is 104 Å². The number of ketones is 1. The largest absolute Gasteiger partial charge is 0.507 e. The van der Waals surface area contributed by atoms with Crippen LogP contribution in [0.25, 0.3) is 0 Å². The zero-order chi connectivity index (χ0) is 31.9. The molecule has 0 aliphatic carbocycles. The summed E-state index contributed by atoms with van der Waals surface area (Å²) in [6, 6.07) is 3.50. The number of nitrogens with two attached hydrogens (primary N) is 1. The van der Waals surface area contributed by atoms with Crippen molar-refractivity contribution in [2.75, 3.05) is 13.2 Å². The fraction of sp³-hybridized carbons (Fsp3) is 0.452. The lowest BCUT2D eigenvalue weighted by molar-refractivity contribution is -0.127. The average Bonchev–Trinajstić information content (AvgIpc) is 3.10. The predicted octanol–water partition coefficient (Wildman–Crippen LogP) is 4.22. The molecule has 0 saturated carbocycles. The summed E-state index contributed by atoms with van der Waals surface area (Å²) in [6.07, 6.45) is 0. The molecule has 0 bridgehead atoms. The van der Waals surface area contributed by atoms with Crippen molar-refractivity contribution >= 4 is 46.4 Å². The van der Waals surface area contributed by atoms with Gasteiger partial charge in [0.25, 0.3) is 0 Å². The molecule has 11 nitrogen and oxygen atoms in total. The number of aromatic hydroxyl groups is 1. The SMILES string of the molecule is Br.CCOc1cc2c(cc1C(=O)O)C(=N)N(CC(=O)c1cc(C(C)(C)C)c(O)c(C(C)(C)C)c1)C2C(NC(C)=O)C(N)=O. The van der Waals surface area contributed by atoms with E-state index in [1.165, 1.54) is 24.0 Å². The number of aromatic carboxylic acids is 1. The maximum absolute atomic E-state index is 13.9. The van der Waals surface area contributed by atoms with Gasteiger partial charge in [-0.05, 0) is 47.6 Å². The molecule has 1 aliphatic heterocycles. The molecule has 12 heteroatoms. The molecule has 2 aromatic rings. The normalized spacial score (nSPS) is 15.3. The Bertz CT molecular complexity index is 1440. The zero-order valence-electron chi connectivity index (χ0n) is 25.7. The van der Waals surface area contributed by atoms with E-state index in [1.54, 1.807) is 19.1 Å². The first-order chi connectivity index (χ1) is 19.3. The number of rotatable bonds is 9. The van der Waals surface area contributed by atoms with E-state index in [1.807, 2.05) is 41.5 Å². The summed E-state index contributed by atoms with van der Waals surface area (Å²) in [4.78, 5) is 52.0. The number of carboxylic acid groups (broad SMARTS) is 1. The number of carboxylic acids is 1. The van der Waals surface area contributed by atoms with E-state index < -0.39 is 53.0 Å². The van der Waals surface area contributed by atoms with E-state index in [0.717, 1.165) is 0 Å². The quantitative estimate of drug-likeness (QED) is 0.248. The van der Waals surface area contributed by atoms with Crippen LogP contribution in [-0.4, -0.2) is 63.7 Å². The maximum atomic E-state index is 13.9. The Labute approximate surface area is 262 Å². The summed E-state index contributed by atoms with van der Waals surface area (Å²) in [5.74, 6) is -3.23. The molecule has 3 rings (SSSR count). The van der Waals surface area contributed by atoms with Crippen molar-refractivity contribution in [3.63, 3.8) is 0 Å². The minimum atomic E-state index is -1.35. The second-order valence-corrected chi connectivity index (χ2v) is 12.5. The van der Waals surface area contributed by atoms with Crippen LogP contribution in [0.2, 0.25) is 0 Å². The number of phenolic OH excluding ortho intramolecular Hbond substituents is 1. The van der Waals surface area contributed by atoms with Crippen LogP contribution in [0.4, 0.5) is 0 Å². The standard InChI is InChI=1S/C31H40N4O7.BrH/c1-9-42-23-13-17-18(12-19(23)29(40)41)27(32)35(25(17)24(28(33)39)34-15(2)36)14-22(37)16-10-20(30(3,4)5)26(38)21(11-16)31(6,7)8;/h10-13,24-25,32,38H,9,14H2,1-8H3,(H2,33,39)(H,34,36)(H,40,41);1H. The minimum absolute atomic E-state index is 0. The lowest BCUT2D eigenvalue weighted by Crippen LogP contribution is -2.52. The highest BCUT2D eigenvalue weighted by Gasteiger charge is 2.44. The highest BCUT2D eigenvalue weighted by Crippen LogP contribution is 2.42. The van der Waals surface area contributed by atoms with E-state index in [9.17, 15) is 29.4 Å². The molecule has 1 heterocycles. The fourth-order valence-electron chi connectivity index (χ4n) is 5.20. The molecule has 0 saturated heterocycles. The molecule has 0 radical (unpaired) electrons. The van der Waals surface area contributed by atoms with Crippen molar-refractivity contribution < 1.29 is 34.1 Å². The van der Waals surface area contributed by atoms with Gasteiger partial charge in [0.15, 0.2) is 5.78 Å². The average molecular weight is 662 g/mol. The number of amidine groups is 1. The number of carbonyl (C=O) groups is 4. The molecule has 2 atom stereocenters. The molecule has 0 spiro atoms. The van der Waals surface area contributed by atoms with E-state index >= 15 is 0 Å². The Morgan fingerprint density at radius 1 is 1.05 bits per heavy atom. The third-order valence-electron chi connectivity index (χ3n) is 7.22. The number of benzene rings is 2. The monoisotopic (exact) mass is 660 g/mol. The Morgan fingerprint density at radius 3 is 2.00 bits per heavy atom. The summed E-state index contributed by atoms with van der Waals surface area (Å²) >= 11 is 0. The van der Waals surface area contributed by atoms with E-state index in [-0.39, 0.29) is 52.0 Å². The topological polar surface area (TPSA) is 183 Å². The Kier molecular flexibility index (Phi) is 10.5. The van der Waals surface area contributed by atoms with Gasteiger partial charge in [-0.25, -0.2) is 4.79 Å². The summed E-state index contributed by atoms with van der Waals surface area (Å²) in [5.41, 5.74) is 6.46. The molecule has 0 fully saturated rings. The number of amides is 2. The molecular weight excluding hydrogens is 620 g/mol. The van der Waals surface area contributed by atoms with Gasteiger partial charge in [-0.1, -0.05) is 41.5 Å². The van der Waals surface area contributed by atoms with Crippen LogP contribution < -0.4 is 15.8 Å². The minimum Gasteiger partial charge on any atom is -0.507 e. The second kappa shape index (κ2) is 12.7. The number of hydrogen-bond donors (Lipinski definition) is 5. The number of fused-ring (bicyclic) bond motifs is 1. The van der Waals surface area contributed by atoms with Crippen molar-refractivity contribution in [2.45, 2.75) is 78.3 Å². The lowest BCUT2D eigenvalue weighted by Gasteiger charge is -2.32. The van der Waals surface area contributed by atoms with Gasteiger partial charge >= 0.3 is 5.97 Å². The van der Waals surface area contributed by atoms with Crippen molar-refractivity contribution in [1.29, 1.82) is 5.41 Å². The number of Topliss-reactive ketones (excluding diaryl/α,β-unsaturated/α-hetero) is 1. The first-order valence-electron chi connectivity index (χ1n) is 13.7. The number of nitrogens with one attached hydrogen (secondary N) is 2. The fourth-order valence-corrected chi connectivity index (χ4v) is 5.20. The number of halogens is 1. The summed E-state index contributed by atoms with van der Waals surface area (Å²) in [5, 5.41) is 32.4. The number of phenols is 1. The molecular formula is C31H41BrN4O7. The molecule has 0 aromatic heterocycles. The smallest absolute Gasteiger partial charge is 0.339 e. The van der Waals surface area contributed by atoms with Gasteiger partial charge in [-0.15, -0.1) is 17.0 Å².